The van der Waals surface area contributed by atoms with Crippen LogP contribution in [0.5, 0.6) is 0 Å². The normalized spacial score (nSPS) is 12.5. The van der Waals surface area contributed by atoms with Gasteiger partial charge in [0.25, 0.3) is 0 Å². The molecule has 0 bridgehead atoms. The van der Waals surface area contributed by atoms with E-state index < -0.39 is 16.6 Å². The van der Waals surface area contributed by atoms with Crippen molar-refractivity contribution in [2.24, 2.45) is 0 Å². The van der Waals surface area contributed by atoms with E-state index >= 15 is 0 Å². The highest BCUT2D eigenvalue weighted by atomic mass is 32.2. The molecule has 0 aliphatic heterocycles. The van der Waals surface area contributed by atoms with Gasteiger partial charge in [-0.15, -0.1) is 0 Å². The number of sulfonamides is 1. The summed E-state index contributed by atoms with van der Waals surface area (Å²) in [6, 6.07) is 0. The highest BCUT2D eigenvalue weighted by Gasteiger charge is 2.26. The number of alkyl halides is 2. The summed E-state index contributed by atoms with van der Waals surface area (Å²) in [6.45, 7) is 3.54. The number of aromatic nitrogens is 4. The second-order valence-electron chi connectivity index (χ2n) is 5.16. The lowest BCUT2D eigenvalue weighted by Crippen LogP contribution is -2.26. The lowest BCUT2D eigenvalue weighted by molar-refractivity contribution is 0.0563. The number of aryl methyl sites for hydroxylation is 2. The fourth-order valence-corrected chi connectivity index (χ4v) is 3.40. The second kappa shape index (κ2) is 6.36. The summed E-state index contributed by atoms with van der Waals surface area (Å²) in [5.74, 6) is 0. The van der Waals surface area contributed by atoms with E-state index in [1.54, 1.807) is 4.68 Å². The molecule has 0 saturated heterocycles. The Bertz CT molecular complexity index is 797. The molecule has 0 aliphatic rings. The number of halogens is 2. The number of rotatable bonds is 6. The van der Waals surface area contributed by atoms with Crippen LogP contribution in [-0.2, 0) is 23.1 Å². The van der Waals surface area contributed by atoms with Crippen LogP contribution < -0.4 is 0 Å². The minimum Gasteiger partial charge on any atom is -0.270 e. The summed E-state index contributed by atoms with van der Waals surface area (Å²) in [6.07, 6.45) is 1.75. The first-order valence-electron chi connectivity index (χ1n) is 7.00. The standard InChI is InChI=1S/C13H19F2N5O2S/c1-5-19-10(3)12(9(2)17-19)8-18(4)23(21,22)11-6-16-20(7-11)13(14)15/h6-7,13H,5,8H2,1-4H3. The van der Waals surface area contributed by atoms with Gasteiger partial charge in [0.15, 0.2) is 0 Å². The van der Waals surface area contributed by atoms with Gasteiger partial charge >= 0.3 is 6.55 Å². The van der Waals surface area contributed by atoms with Gasteiger partial charge < -0.3 is 0 Å². The number of hydrogen-bond acceptors (Lipinski definition) is 4. The van der Waals surface area contributed by atoms with Gasteiger partial charge in [0.1, 0.15) is 4.90 Å². The first-order chi connectivity index (χ1) is 10.7. The molecule has 7 nitrogen and oxygen atoms in total. The third-order valence-electron chi connectivity index (χ3n) is 3.70. The van der Waals surface area contributed by atoms with Crippen molar-refractivity contribution in [3.05, 3.63) is 29.3 Å². The Labute approximate surface area is 133 Å². The minimum absolute atomic E-state index is 0.111. The number of nitrogens with zero attached hydrogens (tertiary/aromatic N) is 5. The molecular weight excluding hydrogens is 328 g/mol. The summed E-state index contributed by atoms with van der Waals surface area (Å²) >= 11 is 0. The van der Waals surface area contributed by atoms with Gasteiger partial charge in [0.05, 0.1) is 18.1 Å². The van der Waals surface area contributed by atoms with E-state index in [0.717, 1.165) is 33.7 Å². The Balaban J connectivity index is 2.28. The second-order valence-corrected chi connectivity index (χ2v) is 7.20. The van der Waals surface area contributed by atoms with Crippen LogP contribution in [-0.4, -0.2) is 39.3 Å². The Morgan fingerprint density at radius 2 is 2.00 bits per heavy atom. The molecule has 0 atom stereocenters. The topological polar surface area (TPSA) is 73.0 Å². The van der Waals surface area contributed by atoms with E-state index in [4.69, 9.17) is 0 Å². The van der Waals surface area contributed by atoms with Gasteiger partial charge in [0.2, 0.25) is 10.0 Å². The molecule has 128 valence electrons. The molecule has 0 amide bonds. The van der Waals surface area contributed by atoms with Crippen molar-refractivity contribution in [3.8, 4) is 0 Å². The highest BCUT2D eigenvalue weighted by molar-refractivity contribution is 7.89. The van der Waals surface area contributed by atoms with E-state index in [1.807, 2.05) is 20.8 Å². The molecule has 0 saturated carbocycles. The van der Waals surface area contributed by atoms with Gasteiger partial charge in [-0.3, -0.25) is 4.68 Å². The maximum absolute atomic E-state index is 12.5. The predicted molar refractivity (Wildman–Crippen MR) is 79.5 cm³/mol. The zero-order valence-corrected chi connectivity index (χ0v) is 14.2. The molecule has 0 radical (unpaired) electrons. The van der Waals surface area contributed by atoms with Gasteiger partial charge in [-0.2, -0.15) is 23.3 Å². The van der Waals surface area contributed by atoms with Crippen LogP contribution in [0.1, 0.15) is 30.4 Å². The quantitative estimate of drug-likeness (QED) is 0.800. The molecule has 2 aromatic heterocycles. The van der Waals surface area contributed by atoms with Crippen molar-refractivity contribution in [3.63, 3.8) is 0 Å². The molecule has 0 unspecified atom stereocenters. The van der Waals surface area contributed by atoms with Gasteiger partial charge in [-0.05, 0) is 20.8 Å². The van der Waals surface area contributed by atoms with Crippen LogP contribution in [0.3, 0.4) is 0 Å². The van der Waals surface area contributed by atoms with E-state index in [2.05, 4.69) is 10.2 Å². The third-order valence-corrected chi connectivity index (χ3v) is 5.45. The molecular formula is C13H19F2N5O2S. The molecule has 23 heavy (non-hydrogen) atoms. The van der Waals surface area contributed by atoms with Crippen LogP contribution in [0.25, 0.3) is 0 Å². The van der Waals surface area contributed by atoms with E-state index in [9.17, 15) is 17.2 Å². The van der Waals surface area contributed by atoms with Crippen molar-refractivity contribution in [1.82, 2.24) is 23.9 Å². The van der Waals surface area contributed by atoms with Crippen LogP contribution in [0.15, 0.2) is 17.3 Å². The van der Waals surface area contributed by atoms with Crippen LogP contribution in [0.2, 0.25) is 0 Å². The van der Waals surface area contributed by atoms with Crippen molar-refractivity contribution in [1.29, 1.82) is 0 Å². The molecule has 0 aromatic carbocycles. The average molecular weight is 347 g/mol. The zero-order chi connectivity index (χ0) is 17.4. The molecule has 2 rings (SSSR count). The lowest BCUT2D eigenvalue weighted by atomic mass is 10.2. The molecule has 0 fully saturated rings. The zero-order valence-electron chi connectivity index (χ0n) is 13.4. The van der Waals surface area contributed by atoms with E-state index in [-0.39, 0.29) is 11.4 Å². The van der Waals surface area contributed by atoms with Crippen LogP contribution in [0.4, 0.5) is 8.78 Å². The molecule has 2 aromatic rings. The summed E-state index contributed by atoms with van der Waals surface area (Å²) in [5, 5.41) is 7.71. The van der Waals surface area contributed by atoms with Gasteiger partial charge in [-0.25, -0.2) is 13.1 Å². The highest BCUT2D eigenvalue weighted by Crippen LogP contribution is 2.21. The van der Waals surface area contributed by atoms with Crippen molar-refractivity contribution < 1.29 is 17.2 Å². The summed E-state index contributed by atoms with van der Waals surface area (Å²) in [5.41, 5.74) is 2.43. The fraction of sp³-hybridized carbons (Fsp3) is 0.538. The van der Waals surface area contributed by atoms with Crippen molar-refractivity contribution >= 4 is 10.0 Å². The van der Waals surface area contributed by atoms with E-state index in [0.29, 0.717) is 11.2 Å². The van der Waals surface area contributed by atoms with Crippen molar-refractivity contribution in [2.75, 3.05) is 7.05 Å². The minimum atomic E-state index is -3.90. The summed E-state index contributed by atoms with van der Waals surface area (Å²) < 4.78 is 53.2. The third kappa shape index (κ3) is 3.27. The first kappa shape index (κ1) is 17.5. The Kier molecular flexibility index (Phi) is 4.85. The summed E-state index contributed by atoms with van der Waals surface area (Å²) in [7, 11) is -2.50. The fourth-order valence-electron chi connectivity index (χ4n) is 2.32. The lowest BCUT2D eigenvalue weighted by Gasteiger charge is -2.16. The SMILES string of the molecule is CCn1nc(C)c(CN(C)S(=O)(=O)c2cnn(C(F)F)c2)c1C. The van der Waals surface area contributed by atoms with Crippen LogP contribution in [0, 0.1) is 13.8 Å². The smallest absolute Gasteiger partial charge is 0.270 e. The Morgan fingerprint density at radius 3 is 2.48 bits per heavy atom. The predicted octanol–water partition coefficient (Wildman–Crippen LogP) is 1.93. The Hall–Kier alpha value is -1.81. The molecule has 0 spiro atoms. The van der Waals surface area contributed by atoms with Gasteiger partial charge in [-0.1, -0.05) is 0 Å². The van der Waals surface area contributed by atoms with Gasteiger partial charge in [0, 0.05) is 31.4 Å². The average Bonchev–Trinajstić information content (AvgIpc) is 3.08. The summed E-state index contributed by atoms with van der Waals surface area (Å²) in [4.78, 5) is -0.265. The monoisotopic (exact) mass is 347 g/mol. The molecule has 10 heteroatoms. The Morgan fingerprint density at radius 1 is 1.35 bits per heavy atom. The van der Waals surface area contributed by atoms with Crippen LogP contribution >= 0.6 is 0 Å². The largest absolute Gasteiger partial charge is 0.333 e. The number of hydrogen-bond donors (Lipinski definition) is 0. The van der Waals surface area contributed by atoms with E-state index in [1.165, 1.54) is 7.05 Å². The molecule has 0 N–H and O–H groups in total. The maximum atomic E-state index is 12.5. The molecule has 0 aliphatic carbocycles. The molecule has 2 heterocycles. The van der Waals surface area contributed by atoms with Crippen molar-refractivity contribution in [2.45, 2.75) is 45.3 Å². The maximum Gasteiger partial charge on any atom is 0.333 e. The first-order valence-corrected chi connectivity index (χ1v) is 8.44.